The van der Waals surface area contributed by atoms with Gasteiger partial charge in [-0.2, -0.15) is 5.10 Å². The van der Waals surface area contributed by atoms with Crippen LogP contribution >= 0.6 is 0 Å². The van der Waals surface area contributed by atoms with Crippen LogP contribution < -0.4 is 5.46 Å². The zero-order chi connectivity index (χ0) is 15.0. The number of fused-ring (bicyclic) bond motifs is 1. The summed E-state index contributed by atoms with van der Waals surface area (Å²) >= 11 is 0. The fraction of sp³-hybridized carbons (Fsp3) is 0.154. The van der Waals surface area contributed by atoms with E-state index in [-0.39, 0.29) is 30.4 Å². The molecule has 7 nitrogen and oxygen atoms in total. The van der Waals surface area contributed by atoms with Crippen LogP contribution in [-0.2, 0) is 6.54 Å². The Balaban J connectivity index is 1.72. The van der Waals surface area contributed by atoms with Crippen LogP contribution in [0.2, 0.25) is 0 Å². The summed E-state index contributed by atoms with van der Waals surface area (Å²) < 4.78 is 1.46. The summed E-state index contributed by atoms with van der Waals surface area (Å²) in [6.07, 6.45) is 2.79. The van der Waals surface area contributed by atoms with Gasteiger partial charge in [0, 0.05) is 24.4 Å². The van der Waals surface area contributed by atoms with E-state index >= 15 is 0 Å². The Morgan fingerprint density at radius 3 is 2.19 bits per heavy atom. The summed E-state index contributed by atoms with van der Waals surface area (Å²) in [6.45, 7) is 0.465. The Morgan fingerprint density at radius 1 is 1.05 bits per heavy atom. The monoisotopic (exact) mass is 285 g/mol. The lowest BCUT2D eigenvalue weighted by Crippen LogP contribution is -2.33. The molecule has 2 N–H and O–H groups in total. The molecule has 0 unspecified atom stereocenters. The molecule has 2 amide bonds. The highest BCUT2D eigenvalue weighted by atomic mass is 16.4. The predicted molar refractivity (Wildman–Crippen MR) is 73.9 cm³/mol. The van der Waals surface area contributed by atoms with Gasteiger partial charge in [-0.05, 0) is 12.1 Å². The number of rotatable bonds is 4. The molecule has 3 rings (SSSR count). The normalized spacial score (nSPS) is 13.7. The molecule has 0 radical (unpaired) electrons. The van der Waals surface area contributed by atoms with Crippen LogP contribution in [0.25, 0.3) is 0 Å². The molecular formula is C13H12BN3O4. The molecule has 1 aromatic heterocycles. The Labute approximate surface area is 120 Å². The van der Waals surface area contributed by atoms with E-state index < -0.39 is 7.12 Å². The maximum Gasteiger partial charge on any atom is 0.491 e. The van der Waals surface area contributed by atoms with Gasteiger partial charge in [-0.1, -0.05) is 12.1 Å². The first-order valence-electron chi connectivity index (χ1n) is 6.41. The van der Waals surface area contributed by atoms with E-state index in [2.05, 4.69) is 5.10 Å². The Bertz CT molecular complexity index is 678. The molecule has 21 heavy (non-hydrogen) atoms. The quantitative estimate of drug-likeness (QED) is 0.547. The van der Waals surface area contributed by atoms with E-state index in [1.54, 1.807) is 24.3 Å². The number of amides is 2. The number of benzene rings is 1. The van der Waals surface area contributed by atoms with Gasteiger partial charge in [0.05, 0.1) is 17.7 Å². The standard InChI is InChI=1S/C13H12BN3O4/c18-12-10-3-1-2-4-11(10)13(19)17(12)6-5-16-8-9(7-15-16)14(20)21/h1-4,7-8,20-21H,5-6H2. The van der Waals surface area contributed by atoms with E-state index in [9.17, 15) is 9.59 Å². The van der Waals surface area contributed by atoms with Crippen LogP contribution in [0.1, 0.15) is 20.7 Å². The molecule has 0 fully saturated rings. The molecule has 0 spiro atoms. The van der Waals surface area contributed by atoms with Crippen molar-refractivity contribution in [1.29, 1.82) is 0 Å². The van der Waals surface area contributed by atoms with Gasteiger partial charge in [0.15, 0.2) is 0 Å². The van der Waals surface area contributed by atoms with Gasteiger partial charge in [0.1, 0.15) is 0 Å². The van der Waals surface area contributed by atoms with Gasteiger partial charge < -0.3 is 10.0 Å². The SMILES string of the molecule is O=C1c2ccccc2C(=O)N1CCn1cc(B(O)O)cn1. The summed E-state index contributed by atoms with van der Waals surface area (Å²) in [4.78, 5) is 25.4. The second-order valence-corrected chi connectivity index (χ2v) is 4.72. The molecule has 2 heterocycles. The van der Waals surface area contributed by atoms with Gasteiger partial charge in [0.25, 0.3) is 11.8 Å². The van der Waals surface area contributed by atoms with Crippen LogP contribution in [-0.4, -0.2) is 50.2 Å². The van der Waals surface area contributed by atoms with E-state index in [1.807, 2.05) is 0 Å². The average molecular weight is 285 g/mol. The molecule has 0 bridgehead atoms. The third-order valence-corrected chi connectivity index (χ3v) is 3.38. The molecule has 1 aliphatic rings. The number of carbonyl (C=O) groups is 2. The molecule has 1 aromatic carbocycles. The summed E-state index contributed by atoms with van der Waals surface area (Å²) in [5, 5.41) is 22.0. The second-order valence-electron chi connectivity index (χ2n) is 4.72. The lowest BCUT2D eigenvalue weighted by atomic mass is 9.83. The van der Waals surface area contributed by atoms with E-state index in [0.717, 1.165) is 0 Å². The third kappa shape index (κ3) is 2.35. The van der Waals surface area contributed by atoms with Crippen molar-refractivity contribution in [1.82, 2.24) is 14.7 Å². The minimum Gasteiger partial charge on any atom is -0.423 e. The van der Waals surface area contributed by atoms with Crippen LogP contribution in [0.4, 0.5) is 0 Å². The van der Waals surface area contributed by atoms with Crippen LogP contribution in [0.15, 0.2) is 36.7 Å². The molecule has 8 heteroatoms. The van der Waals surface area contributed by atoms with E-state index in [0.29, 0.717) is 11.1 Å². The highest BCUT2D eigenvalue weighted by Crippen LogP contribution is 2.21. The first kappa shape index (κ1) is 13.5. The summed E-state index contributed by atoms with van der Waals surface area (Å²) in [5.74, 6) is -0.629. The predicted octanol–water partition coefficient (Wildman–Crippen LogP) is -1.14. The smallest absolute Gasteiger partial charge is 0.423 e. The number of hydrogen-bond donors (Lipinski definition) is 2. The van der Waals surface area contributed by atoms with Crippen molar-refractivity contribution < 1.29 is 19.6 Å². The van der Waals surface area contributed by atoms with Crippen molar-refractivity contribution in [3.63, 3.8) is 0 Å². The fourth-order valence-corrected chi connectivity index (χ4v) is 2.28. The molecule has 1 aliphatic heterocycles. The topological polar surface area (TPSA) is 95.7 Å². The van der Waals surface area contributed by atoms with Gasteiger partial charge in [0.2, 0.25) is 0 Å². The fourth-order valence-electron chi connectivity index (χ4n) is 2.28. The Morgan fingerprint density at radius 2 is 1.67 bits per heavy atom. The van der Waals surface area contributed by atoms with Crippen LogP contribution in [0.5, 0.6) is 0 Å². The van der Waals surface area contributed by atoms with Crippen molar-refractivity contribution in [3.8, 4) is 0 Å². The molecule has 0 saturated heterocycles. The lowest BCUT2D eigenvalue weighted by molar-refractivity contribution is 0.0647. The largest absolute Gasteiger partial charge is 0.491 e. The number of imide groups is 1. The molecule has 0 atom stereocenters. The minimum absolute atomic E-state index is 0.176. The van der Waals surface area contributed by atoms with Gasteiger partial charge in [-0.25, -0.2) is 0 Å². The maximum atomic E-state index is 12.1. The highest BCUT2D eigenvalue weighted by Gasteiger charge is 2.34. The number of aromatic nitrogens is 2. The summed E-state index contributed by atoms with van der Waals surface area (Å²) in [5.41, 5.74) is 1.08. The molecular weight excluding hydrogens is 273 g/mol. The van der Waals surface area contributed by atoms with Crippen molar-refractivity contribution >= 4 is 24.4 Å². The maximum absolute atomic E-state index is 12.1. The zero-order valence-corrected chi connectivity index (χ0v) is 11.0. The first-order chi connectivity index (χ1) is 10.1. The lowest BCUT2D eigenvalue weighted by Gasteiger charge is -2.13. The van der Waals surface area contributed by atoms with Crippen molar-refractivity contribution in [3.05, 3.63) is 47.8 Å². The van der Waals surface area contributed by atoms with Gasteiger partial charge >= 0.3 is 7.12 Å². The molecule has 106 valence electrons. The minimum atomic E-state index is -1.59. The van der Waals surface area contributed by atoms with Crippen molar-refractivity contribution in [2.45, 2.75) is 6.54 Å². The number of hydrogen-bond acceptors (Lipinski definition) is 5. The zero-order valence-electron chi connectivity index (χ0n) is 11.0. The Kier molecular flexibility index (Phi) is 3.32. The van der Waals surface area contributed by atoms with Crippen LogP contribution in [0, 0.1) is 0 Å². The average Bonchev–Trinajstić information content (AvgIpc) is 3.03. The van der Waals surface area contributed by atoms with Gasteiger partial charge in [-0.3, -0.25) is 19.2 Å². The molecule has 0 saturated carbocycles. The van der Waals surface area contributed by atoms with E-state index in [1.165, 1.54) is 22.0 Å². The number of nitrogens with zero attached hydrogens (tertiary/aromatic N) is 3. The molecule has 2 aromatic rings. The van der Waals surface area contributed by atoms with Crippen LogP contribution in [0.3, 0.4) is 0 Å². The first-order valence-corrected chi connectivity index (χ1v) is 6.41. The van der Waals surface area contributed by atoms with Gasteiger partial charge in [-0.15, -0.1) is 0 Å². The molecule has 0 aliphatic carbocycles. The third-order valence-electron chi connectivity index (χ3n) is 3.38. The second kappa shape index (κ2) is 5.15. The number of carbonyl (C=O) groups excluding carboxylic acids is 2. The summed E-state index contributed by atoms with van der Waals surface area (Å²) in [7, 11) is -1.59. The van der Waals surface area contributed by atoms with E-state index in [4.69, 9.17) is 10.0 Å². The Hall–Kier alpha value is -2.45. The highest BCUT2D eigenvalue weighted by molar-refractivity contribution is 6.58. The summed E-state index contributed by atoms with van der Waals surface area (Å²) in [6, 6.07) is 6.69. The van der Waals surface area contributed by atoms with Crippen molar-refractivity contribution in [2.75, 3.05) is 6.54 Å². The van der Waals surface area contributed by atoms with Crippen molar-refractivity contribution in [2.24, 2.45) is 0 Å².